The van der Waals surface area contributed by atoms with E-state index >= 15 is 0 Å². The van der Waals surface area contributed by atoms with Gasteiger partial charge in [0.2, 0.25) is 0 Å². The topological polar surface area (TPSA) is 120 Å². The molecule has 0 bridgehead atoms. The third-order valence-corrected chi connectivity index (χ3v) is 28.8. The second-order valence-corrected chi connectivity index (χ2v) is 41.8. The molecular formula is C130H212O13. The van der Waals surface area contributed by atoms with Crippen molar-refractivity contribution in [1.82, 2.24) is 0 Å². The third-order valence-electron chi connectivity index (χ3n) is 28.8. The monoisotopic (exact) mass is 1980 g/mol. The highest BCUT2D eigenvalue weighted by molar-refractivity contribution is 5.89. The van der Waals surface area contributed by atoms with Crippen molar-refractivity contribution in [1.29, 1.82) is 0 Å². The molecule has 1 aliphatic rings. The Hall–Kier alpha value is -7.12. The van der Waals surface area contributed by atoms with Gasteiger partial charge < -0.3 is 61.6 Å². The Labute approximate surface area is 876 Å². The fourth-order valence-corrected chi connectivity index (χ4v) is 19.7. The lowest BCUT2D eigenvalue weighted by Crippen LogP contribution is -2.12. The SMILES string of the molecule is CCCCCCCCCCCOc1ccc(-c2cc3c(cc2-c2ccc(OCCCCCCCCCCC)c(OCCCCCCCCCCC)c2)OCCOc2cc(-c4ccc(OCCCCCCCCCCC)c(OCCCCCCCCCCC)c4)c(-c4ccc(OCCCCCCCCCCC)c(OCCCCCCCCCCC)c4)cc2OCCOCCO3)cc1OCCCCCCCCCCC. The molecule has 0 amide bonds. The second-order valence-electron chi connectivity index (χ2n) is 41.8. The third kappa shape index (κ3) is 56.2. The first-order valence-corrected chi connectivity index (χ1v) is 60.9. The number of benzene rings is 6. The van der Waals surface area contributed by atoms with Gasteiger partial charge in [0.15, 0.2) is 69.0 Å². The first-order chi connectivity index (χ1) is 70.9. The van der Waals surface area contributed by atoms with Crippen LogP contribution in [0.3, 0.4) is 0 Å². The summed E-state index contributed by atoms with van der Waals surface area (Å²) in [6.07, 6.45) is 89.7. The molecule has 6 aromatic rings. The van der Waals surface area contributed by atoms with E-state index in [-0.39, 0.29) is 26.4 Å². The van der Waals surface area contributed by atoms with Crippen molar-refractivity contribution in [3.63, 3.8) is 0 Å². The summed E-state index contributed by atoms with van der Waals surface area (Å²) in [7, 11) is 0. The van der Waals surface area contributed by atoms with Gasteiger partial charge in [0, 0.05) is 0 Å². The number of hydrogen-bond acceptors (Lipinski definition) is 13. The van der Waals surface area contributed by atoms with Crippen LogP contribution in [0.1, 0.15) is 518 Å². The van der Waals surface area contributed by atoms with Gasteiger partial charge in [-0.05, 0) is 169 Å². The van der Waals surface area contributed by atoms with Crippen LogP contribution >= 0.6 is 0 Å². The number of rotatable bonds is 92. The first-order valence-electron chi connectivity index (χ1n) is 60.9. The summed E-state index contributed by atoms with van der Waals surface area (Å²) < 4.78 is 90.1. The molecule has 810 valence electrons. The molecule has 1 aliphatic heterocycles. The van der Waals surface area contributed by atoms with Gasteiger partial charge in [0.1, 0.15) is 26.4 Å². The fourth-order valence-electron chi connectivity index (χ4n) is 19.7. The predicted molar refractivity (Wildman–Crippen MR) is 609 cm³/mol. The standard InChI is InChI=1S/C130H212O13/c1-9-17-25-33-41-49-57-65-73-89-132-119-85-81-111(103-123(119)136-93-77-69-61-53-45-37-29-21-13-5)115-107-127-129(109-117(115)113-83-87-121(134-91-75-67-59-51-43-35-27-19-11-3)125(105-113)138-95-79-71-63-55-47-39-31-23-15-7)142-101-102-143-130-110-118(114-84-88-122(135-92-76-68-60-52-44-36-28-20-12-4)126(106-114)139-96-80-72-64-56-48-40-32-24-16-8)116(108-128(130)141-100-98-131-97-99-140-127)112-82-86-120(133-90-74-66-58-50-42-34-26-18-10-2)124(104-112)137-94-78-70-62-54-46-38-30-22-14-6/h81-88,103-110H,9-80,89-102H2,1-8H3. The van der Waals surface area contributed by atoms with E-state index in [9.17, 15) is 0 Å². The van der Waals surface area contributed by atoms with Crippen molar-refractivity contribution < 1.29 is 61.6 Å². The van der Waals surface area contributed by atoms with Crippen LogP contribution in [0.2, 0.25) is 0 Å². The molecule has 0 unspecified atom stereocenters. The lowest BCUT2D eigenvalue weighted by molar-refractivity contribution is 0.0754. The Kier molecular flexibility index (Phi) is 73.7. The van der Waals surface area contributed by atoms with Crippen LogP contribution in [0.4, 0.5) is 0 Å². The van der Waals surface area contributed by atoms with Crippen LogP contribution in [-0.2, 0) is 4.74 Å². The van der Waals surface area contributed by atoms with Gasteiger partial charge in [-0.15, -0.1) is 0 Å². The van der Waals surface area contributed by atoms with E-state index < -0.39 is 0 Å². The molecule has 6 aromatic carbocycles. The molecule has 13 heteroatoms. The van der Waals surface area contributed by atoms with E-state index in [1.807, 2.05) is 0 Å². The van der Waals surface area contributed by atoms with Crippen LogP contribution in [0.25, 0.3) is 44.5 Å². The van der Waals surface area contributed by atoms with Crippen LogP contribution in [0, 0.1) is 0 Å². The molecule has 0 atom stereocenters. The smallest absolute Gasteiger partial charge is 0.162 e. The summed E-state index contributed by atoms with van der Waals surface area (Å²) in [5.74, 6) is 8.53. The van der Waals surface area contributed by atoms with Gasteiger partial charge in [0.25, 0.3) is 0 Å². The second kappa shape index (κ2) is 85.8. The normalized spacial score (nSPS) is 12.4. The van der Waals surface area contributed by atoms with Crippen LogP contribution in [0.5, 0.6) is 69.0 Å². The quantitative estimate of drug-likeness (QED) is 0.0337. The van der Waals surface area contributed by atoms with Gasteiger partial charge in [0.05, 0.1) is 66.1 Å². The van der Waals surface area contributed by atoms with Gasteiger partial charge >= 0.3 is 0 Å². The fraction of sp³-hybridized carbons (Fsp3) is 0.723. The van der Waals surface area contributed by atoms with Gasteiger partial charge in [-0.2, -0.15) is 0 Å². The lowest BCUT2D eigenvalue weighted by Gasteiger charge is -2.21. The number of ether oxygens (including phenoxy) is 13. The maximum Gasteiger partial charge on any atom is 0.162 e. The van der Waals surface area contributed by atoms with E-state index in [0.717, 1.165) is 193 Å². The molecule has 143 heavy (non-hydrogen) atoms. The Balaban J connectivity index is 1.32. The molecule has 13 nitrogen and oxygen atoms in total. The average molecular weight is 1980 g/mol. The summed E-state index contributed by atoms with van der Waals surface area (Å²) in [6, 6.07) is 34.9. The molecule has 0 spiro atoms. The van der Waals surface area contributed by atoms with Crippen molar-refractivity contribution >= 4 is 0 Å². The van der Waals surface area contributed by atoms with E-state index in [4.69, 9.17) is 61.6 Å². The molecule has 0 aliphatic carbocycles. The van der Waals surface area contributed by atoms with Gasteiger partial charge in [-0.3, -0.25) is 0 Å². The first kappa shape index (κ1) is 123. The van der Waals surface area contributed by atoms with E-state index in [1.54, 1.807) is 0 Å². The zero-order chi connectivity index (χ0) is 101. The Morgan fingerprint density at radius 1 is 0.147 bits per heavy atom. The minimum Gasteiger partial charge on any atom is -0.490 e. The zero-order valence-electron chi connectivity index (χ0n) is 93.4. The molecule has 0 aromatic heterocycles. The molecule has 1 heterocycles. The lowest BCUT2D eigenvalue weighted by atomic mass is 9.93. The minimum absolute atomic E-state index is 0.185. The van der Waals surface area contributed by atoms with Gasteiger partial charge in [-0.25, -0.2) is 0 Å². The zero-order valence-corrected chi connectivity index (χ0v) is 93.4. The highest BCUT2D eigenvalue weighted by Crippen LogP contribution is 2.49. The Morgan fingerprint density at radius 3 is 0.434 bits per heavy atom. The molecule has 7 rings (SSSR count). The summed E-state index contributed by atoms with van der Waals surface area (Å²) in [5, 5.41) is 0. The Bertz CT molecular complexity index is 3750. The minimum atomic E-state index is 0.185. The Morgan fingerprint density at radius 2 is 0.280 bits per heavy atom. The van der Waals surface area contributed by atoms with E-state index in [2.05, 4.69) is 152 Å². The summed E-state index contributed by atoms with van der Waals surface area (Å²) in [5.41, 5.74) is 7.74. The molecule has 0 saturated heterocycles. The van der Waals surface area contributed by atoms with Crippen molar-refractivity contribution in [2.75, 3.05) is 92.5 Å². The van der Waals surface area contributed by atoms with E-state index in [1.165, 1.54) is 360 Å². The summed E-state index contributed by atoms with van der Waals surface area (Å²) in [4.78, 5) is 0. The molecular weight excluding hydrogens is 1770 g/mol. The molecule has 0 N–H and O–H groups in total. The maximum atomic E-state index is 7.19. The summed E-state index contributed by atoms with van der Waals surface area (Å²) >= 11 is 0. The maximum absolute atomic E-state index is 7.19. The number of hydrogen-bond donors (Lipinski definition) is 0. The molecule has 0 radical (unpaired) electrons. The predicted octanol–water partition coefficient (Wildman–Crippen LogP) is 40.9. The van der Waals surface area contributed by atoms with Crippen LogP contribution in [-0.4, -0.2) is 92.5 Å². The highest BCUT2D eigenvalue weighted by Gasteiger charge is 2.25. The van der Waals surface area contributed by atoms with Crippen molar-refractivity contribution in [2.45, 2.75) is 518 Å². The van der Waals surface area contributed by atoms with Crippen molar-refractivity contribution in [3.05, 3.63) is 97.1 Å². The highest BCUT2D eigenvalue weighted by atomic mass is 16.6. The van der Waals surface area contributed by atoms with Gasteiger partial charge in [-0.1, -0.05) is 491 Å². The van der Waals surface area contributed by atoms with Crippen LogP contribution < -0.4 is 56.8 Å². The molecule has 0 fully saturated rings. The summed E-state index contributed by atoms with van der Waals surface area (Å²) in [6.45, 7) is 24.9. The van der Waals surface area contributed by atoms with Crippen molar-refractivity contribution in [3.8, 4) is 114 Å². The largest absolute Gasteiger partial charge is 0.490 e. The van der Waals surface area contributed by atoms with Crippen LogP contribution in [0.15, 0.2) is 97.1 Å². The van der Waals surface area contributed by atoms with Crippen molar-refractivity contribution in [2.24, 2.45) is 0 Å². The molecule has 0 saturated carbocycles. The average Bonchev–Trinajstić information content (AvgIpc) is 0.812. The number of unbranched alkanes of at least 4 members (excludes halogenated alkanes) is 64. The number of fused-ring (bicyclic) bond motifs is 2. The van der Waals surface area contributed by atoms with E-state index in [0.29, 0.717) is 89.1 Å².